The number of hydrogen-bond donors (Lipinski definition) is 2. The normalized spacial score (nSPS) is 15.1. The van der Waals surface area contributed by atoms with Gasteiger partial charge in [0, 0.05) is 41.5 Å². The van der Waals surface area contributed by atoms with Gasteiger partial charge in [-0.25, -0.2) is 0 Å². The van der Waals surface area contributed by atoms with Gasteiger partial charge >= 0.3 is 0 Å². The van der Waals surface area contributed by atoms with Crippen LogP contribution >= 0.6 is 11.8 Å². The molecule has 0 saturated carbocycles. The van der Waals surface area contributed by atoms with Gasteiger partial charge in [0.15, 0.2) is 0 Å². The molecule has 3 amide bonds. The van der Waals surface area contributed by atoms with E-state index in [0.717, 1.165) is 34.7 Å². The first kappa shape index (κ1) is 18.9. The van der Waals surface area contributed by atoms with Crippen molar-refractivity contribution in [3.63, 3.8) is 0 Å². The lowest BCUT2D eigenvalue weighted by atomic mass is 10.0. The van der Waals surface area contributed by atoms with Crippen LogP contribution in [0.3, 0.4) is 0 Å². The van der Waals surface area contributed by atoms with Crippen LogP contribution in [0.5, 0.6) is 0 Å². The zero-order valence-corrected chi connectivity index (χ0v) is 16.3. The summed E-state index contributed by atoms with van der Waals surface area (Å²) in [5.74, 6) is -0.0866. The molecule has 3 heterocycles. The first-order chi connectivity index (χ1) is 14.0. The van der Waals surface area contributed by atoms with Crippen molar-refractivity contribution in [2.75, 3.05) is 6.54 Å². The smallest absolute Gasteiger partial charge is 0.290 e. The third kappa shape index (κ3) is 3.93. The summed E-state index contributed by atoms with van der Waals surface area (Å²) in [5.41, 5.74) is 2.82. The van der Waals surface area contributed by atoms with E-state index in [1.807, 2.05) is 19.1 Å². The Labute approximate surface area is 170 Å². The maximum Gasteiger partial charge on any atom is 0.290 e. The molecular weight excluding hydrogens is 390 g/mol. The van der Waals surface area contributed by atoms with Crippen LogP contribution in [-0.2, 0) is 4.79 Å². The number of fused-ring (bicyclic) bond motifs is 1. The van der Waals surface area contributed by atoms with Gasteiger partial charge in [0.25, 0.3) is 17.1 Å². The van der Waals surface area contributed by atoms with Gasteiger partial charge in [-0.05, 0) is 41.9 Å². The number of aromatic nitrogens is 1. The molecular formula is C21H17N3O4S. The quantitative estimate of drug-likeness (QED) is 0.621. The number of carbonyl (C=O) groups excluding carboxylic acids is 3. The van der Waals surface area contributed by atoms with Crippen molar-refractivity contribution in [3.8, 4) is 11.1 Å². The van der Waals surface area contributed by atoms with Gasteiger partial charge < -0.3 is 9.73 Å². The summed E-state index contributed by atoms with van der Waals surface area (Å²) in [7, 11) is 0. The van der Waals surface area contributed by atoms with Crippen LogP contribution in [0.4, 0.5) is 4.79 Å². The maximum absolute atomic E-state index is 12.1. The molecule has 1 aliphatic rings. The van der Waals surface area contributed by atoms with Gasteiger partial charge in [0.2, 0.25) is 0 Å². The van der Waals surface area contributed by atoms with Crippen LogP contribution in [0.1, 0.15) is 29.5 Å². The van der Waals surface area contributed by atoms with E-state index >= 15 is 0 Å². The molecule has 0 atom stereocenters. The van der Waals surface area contributed by atoms with Crippen molar-refractivity contribution in [2.45, 2.75) is 13.3 Å². The number of nitrogens with zero attached hydrogens (tertiary/aromatic N) is 1. The second-order valence-electron chi connectivity index (χ2n) is 6.44. The van der Waals surface area contributed by atoms with Crippen molar-refractivity contribution in [3.05, 3.63) is 59.0 Å². The predicted octanol–water partition coefficient (Wildman–Crippen LogP) is 3.96. The van der Waals surface area contributed by atoms with Gasteiger partial charge in [-0.1, -0.05) is 19.1 Å². The molecule has 0 spiro atoms. The van der Waals surface area contributed by atoms with E-state index in [4.69, 9.17) is 4.42 Å². The third-order valence-corrected chi connectivity index (χ3v) is 5.16. The number of thioether (sulfide) groups is 1. The van der Waals surface area contributed by atoms with E-state index < -0.39 is 11.1 Å². The summed E-state index contributed by atoms with van der Waals surface area (Å²) in [6.45, 7) is 2.64. The van der Waals surface area contributed by atoms with Crippen molar-refractivity contribution in [1.82, 2.24) is 15.6 Å². The molecule has 8 heteroatoms. The topological polar surface area (TPSA) is 101 Å². The second-order valence-corrected chi connectivity index (χ2v) is 7.45. The highest BCUT2D eigenvalue weighted by Crippen LogP contribution is 2.32. The van der Waals surface area contributed by atoms with Crippen molar-refractivity contribution in [1.29, 1.82) is 0 Å². The van der Waals surface area contributed by atoms with E-state index in [1.165, 1.54) is 6.08 Å². The van der Waals surface area contributed by atoms with Gasteiger partial charge in [0.05, 0.1) is 4.91 Å². The zero-order valence-electron chi connectivity index (χ0n) is 15.5. The SMILES string of the molecule is CCCNC(=O)c1ccc(-c2cncc3cc(C=C4SC(=O)NC4=O)oc23)cc1. The first-order valence-electron chi connectivity index (χ1n) is 9.06. The van der Waals surface area contributed by atoms with Gasteiger partial charge in [-0.3, -0.25) is 24.7 Å². The average Bonchev–Trinajstić information content (AvgIpc) is 3.27. The van der Waals surface area contributed by atoms with Crippen LogP contribution in [-0.4, -0.2) is 28.6 Å². The standard InChI is InChI=1S/C21H17N3O4S/c1-2-7-23-19(25)13-5-3-12(4-6-13)16-11-22-10-14-8-15(28-18(14)16)9-17-20(26)24-21(27)29-17/h3-6,8-11H,2,7H2,1H3,(H,23,25)(H,24,26,27). The second kappa shape index (κ2) is 7.92. The number of nitrogens with one attached hydrogen (secondary N) is 2. The first-order valence-corrected chi connectivity index (χ1v) is 9.88. The largest absolute Gasteiger partial charge is 0.456 e. The molecule has 0 aliphatic carbocycles. The van der Waals surface area contributed by atoms with Crippen molar-refractivity contribution < 1.29 is 18.8 Å². The molecule has 3 aromatic rings. The van der Waals surface area contributed by atoms with E-state index in [1.54, 1.807) is 30.6 Å². The molecule has 1 aromatic carbocycles. The highest BCUT2D eigenvalue weighted by molar-refractivity contribution is 8.18. The van der Waals surface area contributed by atoms with Crippen LogP contribution in [0.2, 0.25) is 0 Å². The Hall–Kier alpha value is -3.39. The molecule has 1 saturated heterocycles. The fourth-order valence-electron chi connectivity index (χ4n) is 2.95. The minimum Gasteiger partial charge on any atom is -0.456 e. The summed E-state index contributed by atoms with van der Waals surface area (Å²) < 4.78 is 5.93. The maximum atomic E-state index is 12.1. The third-order valence-electron chi connectivity index (χ3n) is 4.35. The minimum atomic E-state index is -0.434. The molecule has 4 rings (SSSR count). The van der Waals surface area contributed by atoms with Gasteiger partial charge in [0.1, 0.15) is 11.3 Å². The molecule has 146 valence electrons. The van der Waals surface area contributed by atoms with Crippen LogP contribution in [0, 0.1) is 0 Å². The van der Waals surface area contributed by atoms with E-state index in [9.17, 15) is 14.4 Å². The van der Waals surface area contributed by atoms with E-state index in [2.05, 4.69) is 15.6 Å². The Kier molecular flexibility index (Phi) is 5.18. The molecule has 2 aromatic heterocycles. The molecule has 7 nitrogen and oxygen atoms in total. The van der Waals surface area contributed by atoms with Crippen molar-refractivity contribution >= 4 is 45.9 Å². The van der Waals surface area contributed by atoms with Crippen LogP contribution < -0.4 is 10.6 Å². The van der Waals surface area contributed by atoms with Gasteiger partial charge in [-0.2, -0.15) is 0 Å². The highest BCUT2D eigenvalue weighted by Gasteiger charge is 2.25. The molecule has 29 heavy (non-hydrogen) atoms. The number of carbonyl (C=O) groups is 3. The summed E-state index contributed by atoms with van der Waals surface area (Å²) in [6.07, 6.45) is 5.78. The lowest BCUT2D eigenvalue weighted by Crippen LogP contribution is -2.23. The number of pyridine rings is 1. The number of furan rings is 1. The molecule has 0 bridgehead atoms. The predicted molar refractivity (Wildman–Crippen MR) is 111 cm³/mol. The Balaban J connectivity index is 1.65. The van der Waals surface area contributed by atoms with Gasteiger partial charge in [-0.15, -0.1) is 0 Å². The lowest BCUT2D eigenvalue weighted by molar-refractivity contribution is -0.115. The number of benzene rings is 1. The summed E-state index contributed by atoms with van der Waals surface area (Å²) >= 11 is 0.837. The Morgan fingerprint density at radius 1 is 1.24 bits per heavy atom. The number of rotatable bonds is 5. The molecule has 2 N–H and O–H groups in total. The number of hydrogen-bond acceptors (Lipinski definition) is 6. The summed E-state index contributed by atoms with van der Waals surface area (Å²) in [4.78, 5) is 39.7. The Bertz CT molecular complexity index is 1150. The fraction of sp³-hybridized carbons (Fsp3) is 0.143. The molecule has 1 aliphatic heterocycles. The molecule has 0 radical (unpaired) electrons. The van der Waals surface area contributed by atoms with E-state index in [0.29, 0.717) is 23.5 Å². The molecule has 1 fully saturated rings. The van der Waals surface area contributed by atoms with Crippen LogP contribution in [0.15, 0.2) is 52.0 Å². The average molecular weight is 407 g/mol. The summed E-state index contributed by atoms with van der Waals surface area (Å²) in [5, 5.41) is 5.43. The summed E-state index contributed by atoms with van der Waals surface area (Å²) in [6, 6.07) is 8.97. The zero-order chi connectivity index (χ0) is 20.4. The van der Waals surface area contributed by atoms with Crippen LogP contribution in [0.25, 0.3) is 28.2 Å². The van der Waals surface area contributed by atoms with E-state index in [-0.39, 0.29) is 10.8 Å². The number of imide groups is 1. The number of amides is 3. The Morgan fingerprint density at radius 3 is 2.72 bits per heavy atom. The van der Waals surface area contributed by atoms with Crippen molar-refractivity contribution in [2.24, 2.45) is 0 Å². The monoisotopic (exact) mass is 407 g/mol. The fourth-order valence-corrected chi connectivity index (χ4v) is 3.61. The molecule has 0 unspecified atom stereocenters. The highest BCUT2D eigenvalue weighted by atomic mass is 32.2. The minimum absolute atomic E-state index is 0.108. The Morgan fingerprint density at radius 2 is 2.03 bits per heavy atom. The lowest BCUT2D eigenvalue weighted by Gasteiger charge is -2.06.